The summed E-state index contributed by atoms with van der Waals surface area (Å²) in [7, 11) is 1.67. The summed E-state index contributed by atoms with van der Waals surface area (Å²) < 4.78 is 7.08. The summed E-state index contributed by atoms with van der Waals surface area (Å²) in [5, 5.41) is 13.6. The first-order valence-electron chi connectivity index (χ1n) is 12.2. The van der Waals surface area contributed by atoms with Gasteiger partial charge in [-0.1, -0.05) is 43.7 Å². The van der Waals surface area contributed by atoms with Crippen molar-refractivity contribution in [3.8, 4) is 0 Å². The molecule has 35 heavy (non-hydrogen) atoms. The number of aromatic amines is 1. The Bertz CT molecular complexity index is 1310. The van der Waals surface area contributed by atoms with E-state index in [1.54, 1.807) is 7.11 Å². The number of benzene rings is 2. The predicted molar refractivity (Wildman–Crippen MR) is 137 cm³/mol. The van der Waals surface area contributed by atoms with Gasteiger partial charge in [-0.25, -0.2) is 4.68 Å². The van der Waals surface area contributed by atoms with Crippen molar-refractivity contribution in [1.29, 1.82) is 0 Å². The second kappa shape index (κ2) is 11.4. The number of nitrogens with zero attached hydrogens (tertiary/aromatic N) is 5. The lowest BCUT2D eigenvalue weighted by Crippen LogP contribution is -2.33. The third-order valence-electron chi connectivity index (χ3n) is 6.51. The number of pyridine rings is 1. The first kappa shape index (κ1) is 24.8. The highest BCUT2D eigenvalue weighted by Gasteiger charge is 2.26. The molecule has 0 bridgehead atoms. The summed E-state index contributed by atoms with van der Waals surface area (Å²) in [5.41, 5.74) is 5.08. The topological polar surface area (TPSA) is 88.9 Å². The van der Waals surface area contributed by atoms with Gasteiger partial charge >= 0.3 is 0 Å². The zero-order chi connectivity index (χ0) is 24.8. The second-order valence-corrected chi connectivity index (χ2v) is 9.10. The van der Waals surface area contributed by atoms with Gasteiger partial charge in [0.2, 0.25) is 0 Å². The quantitative estimate of drug-likeness (QED) is 0.348. The molecule has 0 unspecified atom stereocenters. The number of aromatic nitrogens is 5. The van der Waals surface area contributed by atoms with Gasteiger partial charge in [0.25, 0.3) is 5.56 Å². The average molecular weight is 475 g/mol. The smallest absolute Gasteiger partial charge is 0.252 e. The molecule has 0 spiro atoms. The van der Waals surface area contributed by atoms with Gasteiger partial charge in [-0.3, -0.25) is 9.69 Å². The summed E-state index contributed by atoms with van der Waals surface area (Å²) in [5.74, 6) is 0.795. The van der Waals surface area contributed by atoms with Gasteiger partial charge in [0.15, 0.2) is 5.82 Å². The van der Waals surface area contributed by atoms with Gasteiger partial charge in [0, 0.05) is 31.3 Å². The molecule has 8 heteroatoms. The molecule has 0 aliphatic heterocycles. The van der Waals surface area contributed by atoms with Crippen LogP contribution < -0.4 is 5.56 Å². The van der Waals surface area contributed by atoms with E-state index >= 15 is 0 Å². The van der Waals surface area contributed by atoms with Crippen molar-refractivity contribution in [2.24, 2.45) is 0 Å². The maximum Gasteiger partial charge on any atom is 0.252 e. The molecule has 0 aliphatic carbocycles. The van der Waals surface area contributed by atoms with Gasteiger partial charge in [-0.2, -0.15) is 0 Å². The maximum absolute atomic E-state index is 13.1. The second-order valence-electron chi connectivity index (χ2n) is 9.10. The van der Waals surface area contributed by atoms with E-state index in [2.05, 4.69) is 64.4 Å². The monoisotopic (exact) mass is 474 g/mol. The molecule has 0 fully saturated rings. The van der Waals surface area contributed by atoms with Crippen LogP contribution in [0.25, 0.3) is 10.9 Å². The largest absolute Gasteiger partial charge is 0.383 e. The molecule has 0 saturated heterocycles. The Morgan fingerprint density at radius 2 is 1.86 bits per heavy atom. The average Bonchev–Trinajstić information content (AvgIpc) is 3.31. The van der Waals surface area contributed by atoms with Crippen LogP contribution in [0.2, 0.25) is 0 Å². The lowest BCUT2D eigenvalue weighted by Gasteiger charge is -2.31. The van der Waals surface area contributed by atoms with Crippen molar-refractivity contribution in [1.82, 2.24) is 30.1 Å². The molecule has 1 N–H and O–H groups in total. The van der Waals surface area contributed by atoms with Crippen molar-refractivity contribution in [3.63, 3.8) is 0 Å². The molecule has 184 valence electrons. The van der Waals surface area contributed by atoms with E-state index in [1.165, 1.54) is 11.1 Å². The number of hydrogen-bond acceptors (Lipinski definition) is 6. The molecular formula is C27H34N6O2. The van der Waals surface area contributed by atoms with Crippen molar-refractivity contribution in [2.75, 3.05) is 13.7 Å². The van der Waals surface area contributed by atoms with E-state index < -0.39 is 0 Å². The summed E-state index contributed by atoms with van der Waals surface area (Å²) in [6, 6.07) is 16.5. The fraction of sp³-hybridized carbons (Fsp3) is 0.407. The third kappa shape index (κ3) is 5.83. The Hall–Kier alpha value is -3.36. The van der Waals surface area contributed by atoms with Gasteiger partial charge in [0.05, 0.1) is 19.2 Å². The number of tetrazole rings is 1. The Kier molecular flexibility index (Phi) is 8.05. The number of hydrogen-bond donors (Lipinski definition) is 1. The van der Waals surface area contributed by atoms with E-state index in [9.17, 15) is 4.79 Å². The minimum atomic E-state index is -0.0620. The molecule has 4 aromatic rings. The molecule has 0 radical (unpaired) electrons. The fourth-order valence-corrected chi connectivity index (χ4v) is 4.49. The molecule has 2 heterocycles. The molecule has 0 amide bonds. The Balaban J connectivity index is 1.75. The molecule has 1 atom stereocenters. The van der Waals surface area contributed by atoms with Crippen LogP contribution in [0.1, 0.15) is 53.9 Å². The van der Waals surface area contributed by atoms with Crippen molar-refractivity contribution >= 4 is 10.9 Å². The van der Waals surface area contributed by atoms with E-state index in [0.717, 1.165) is 40.7 Å². The predicted octanol–water partition coefficient (Wildman–Crippen LogP) is 4.32. The molecule has 8 nitrogen and oxygen atoms in total. The first-order chi connectivity index (χ1) is 17.0. The van der Waals surface area contributed by atoms with Crippen molar-refractivity contribution in [2.45, 2.75) is 59.3 Å². The van der Waals surface area contributed by atoms with Crippen LogP contribution in [0, 0.1) is 13.8 Å². The van der Waals surface area contributed by atoms with Crippen LogP contribution in [-0.4, -0.2) is 43.8 Å². The number of nitrogens with one attached hydrogen (secondary N) is 1. The number of ether oxygens (including phenoxy) is 1. The third-order valence-corrected chi connectivity index (χ3v) is 6.51. The van der Waals surface area contributed by atoms with E-state index in [-0.39, 0.29) is 11.6 Å². The number of aryl methyl sites for hydroxylation is 2. The number of rotatable bonds is 11. The molecule has 4 rings (SSSR count). The molecule has 0 aliphatic rings. The van der Waals surface area contributed by atoms with Crippen LogP contribution in [0.5, 0.6) is 0 Å². The fourth-order valence-electron chi connectivity index (χ4n) is 4.49. The molecular weight excluding hydrogens is 440 g/mol. The molecule has 0 saturated carbocycles. The van der Waals surface area contributed by atoms with Gasteiger partial charge < -0.3 is 9.72 Å². The van der Waals surface area contributed by atoms with Crippen molar-refractivity contribution < 1.29 is 4.74 Å². The SMILES string of the molecule is CCC[C@@H](c1nnnn1CCOC)N(Cc1ccccc1)Cc1cc2cc(C)c(C)cc2[nH]c1=O. The van der Waals surface area contributed by atoms with Crippen LogP contribution in [0.15, 0.2) is 53.3 Å². The Morgan fingerprint density at radius 1 is 1.09 bits per heavy atom. The maximum atomic E-state index is 13.1. The zero-order valence-corrected chi connectivity index (χ0v) is 21.0. The summed E-state index contributed by atoms with van der Waals surface area (Å²) in [4.78, 5) is 18.6. The van der Waals surface area contributed by atoms with Crippen LogP contribution in [-0.2, 0) is 24.4 Å². The van der Waals surface area contributed by atoms with Gasteiger partial charge in [-0.05, 0) is 71.0 Å². The minimum absolute atomic E-state index is 0.0538. The minimum Gasteiger partial charge on any atom is -0.383 e. The highest BCUT2D eigenvalue weighted by molar-refractivity contribution is 5.80. The van der Waals surface area contributed by atoms with Crippen molar-refractivity contribution in [3.05, 3.63) is 87.0 Å². The Morgan fingerprint density at radius 3 is 2.60 bits per heavy atom. The van der Waals surface area contributed by atoms with Gasteiger partial charge in [0.1, 0.15) is 0 Å². The van der Waals surface area contributed by atoms with E-state index in [4.69, 9.17) is 4.74 Å². The Labute approximate surface area is 205 Å². The summed E-state index contributed by atoms with van der Waals surface area (Å²) in [6.45, 7) is 8.57. The van der Waals surface area contributed by atoms with Crippen LogP contribution in [0.4, 0.5) is 0 Å². The first-order valence-corrected chi connectivity index (χ1v) is 12.2. The number of methoxy groups -OCH3 is 1. The summed E-state index contributed by atoms with van der Waals surface area (Å²) in [6.07, 6.45) is 1.82. The highest BCUT2D eigenvalue weighted by Crippen LogP contribution is 2.28. The van der Waals surface area contributed by atoms with Crippen LogP contribution in [0.3, 0.4) is 0 Å². The number of H-pyrrole nitrogens is 1. The lowest BCUT2D eigenvalue weighted by atomic mass is 10.0. The summed E-state index contributed by atoms with van der Waals surface area (Å²) >= 11 is 0. The zero-order valence-electron chi connectivity index (χ0n) is 21.0. The normalized spacial score (nSPS) is 12.5. The lowest BCUT2D eigenvalue weighted by molar-refractivity contribution is 0.147. The molecule has 2 aromatic heterocycles. The van der Waals surface area contributed by atoms with E-state index in [1.807, 2.05) is 35.0 Å². The molecule has 2 aromatic carbocycles. The highest BCUT2D eigenvalue weighted by atomic mass is 16.5. The van der Waals surface area contributed by atoms with Crippen LogP contribution >= 0.6 is 0 Å². The van der Waals surface area contributed by atoms with E-state index in [0.29, 0.717) is 26.2 Å². The van der Waals surface area contributed by atoms with Gasteiger partial charge in [-0.15, -0.1) is 5.10 Å². The standard InChI is InChI=1S/C27H34N6O2/c1-5-9-25(26-29-30-31-33(26)12-13-35-4)32(17-21-10-7-6-8-11-21)18-23-16-22-14-19(2)20(3)15-24(22)28-27(23)34/h6-8,10-11,14-16,25H,5,9,12-13,17-18H2,1-4H3,(H,28,34)/t25-/m0/s1. The number of fused-ring (bicyclic) bond motifs is 1.